The van der Waals surface area contributed by atoms with Crippen molar-refractivity contribution in [1.82, 2.24) is 4.90 Å². The molecule has 2 atom stereocenters. The molecule has 0 bridgehead atoms. The van der Waals surface area contributed by atoms with Gasteiger partial charge in [-0.05, 0) is 6.92 Å². The van der Waals surface area contributed by atoms with E-state index in [-0.39, 0.29) is 31.6 Å². The second-order valence-electron chi connectivity index (χ2n) is 5.81. The molecule has 2 rings (SSSR count). The Morgan fingerprint density at radius 2 is 1.42 bits per heavy atom. The van der Waals surface area contributed by atoms with Crippen molar-refractivity contribution in [2.24, 2.45) is 0 Å². The summed E-state index contributed by atoms with van der Waals surface area (Å²) in [5, 5.41) is 0. The predicted octanol–water partition coefficient (Wildman–Crippen LogP) is -0.891. The molecule has 0 spiro atoms. The Kier molecular flexibility index (Phi) is 6.31. The summed E-state index contributed by atoms with van der Waals surface area (Å²) in [6.45, 7) is 4.02. The number of ether oxygens (including phenoxy) is 4. The highest BCUT2D eigenvalue weighted by Gasteiger charge is 2.33. The van der Waals surface area contributed by atoms with Crippen LogP contribution in [0, 0.1) is 0 Å². The molecular formula is C16H19NO9. The van der Waals surface area contributed by atoms with Crippen molar-refractivity contribution in [3.05, 3.63) is 12.2 Å². The molecule has 2 aliphatic rings. The maximum Gasteiger partial charge on any atom is 0.347 e. The molecule has 2 aliphatic heterocycles. The zero-order valence-electron chi connectivity index (χ0n) is 14.2. The summed E-state index contributed by atoms with van der Waals surface area (Å²) in [6.07, 6.45) is -1.59. The molecule has 0 N–H and O–H groups in total. The van der Waals surface area contributed by atoms with Gasteiger partial charge in [-0.25, -0.2) is 9.59 Å². The van der Waals surface area contributed by atoms with E-state index in [9.17, 15) is 24.0 Å². The summed E-state index contributed by atoms with van der Waals surface area (Å²) in [5.74, 6) is -3.74. The van der Waals surface area contributed by atoms with Crippen molar-refractivity contribution in [3.8, 4) is 0 Å². The van der Waals surface area contributed by atoms with Gasteiger partial charge >= 0.3 is 23.9 Å². The third-order valence-electron chi connectivity index (χ3n) is 3.61. The molecule has 0 radical (unpaired) electrons. The van der Waals surface area contributed by atoms with Crippen LogP contribution in [0.5, 0.6) is 0 Å². The highest BCUT2D eigenvalue weighted by Crippen LogP contribution is 2.13. The summed E-state index contributed by atoms with van der Waals surface area (Å²) in [6, 6.07) is 0. The van der Waals surface area contributed by atoms with Gasteiger partial charge in [-0.15, -0.1) is 0 Å². The summed E-state index contributed by atoms with van der Waals surface area (Å²) < 4.78 is 19.3. The Morgan fingerprint density at radius 3 is 1.73 bits per heavy atom. The van der Waals surface area contributed by atoms with Crippen LogP contribution in [0.15, 0.2) is 12.2 Å². The number of hydrogen-bond donors (Lipinski definition) is 0. The van der Waals surface area contributed by atoms with Gasteiger partial charge in [-0.1, -0.05) is 6.58 Å². The van der Waals surface area contributed by atoms with E-state index in [1.165, 1.54) is 6.92 Å². The van der Waals surface area contributed by atoms with Gasteiger partial charge < -0.3 is 23.8 Å². The first kappa shape index (κ1) is 19.4. The highest BCUT2D eigenvalue weighted by atomic mass is 16.6. The van der Waals surface area contributed by atoms with E-state index in [0.29, 0.717) is 0 Å². The maximum atomic E-state index is 12.1. The van der Waals surface area contributed by atoms with E-state index in [4.69, 9.17) is 9.47 Å². The third kappa shape index (κ3) is 5.04. The monoisotopic (exact) mass is 369 g/mol. The number of rotatable bonds is 7. The van der Waals surface area contributed by atoms with Crippen LogP contribution >= 0.6 is 0 Å². The average molecular weight is 369 g/mol. The number of amides is 1. The van der Waals surface area contributed by atoms with Crippen molar-refractivity contribution in [1.29, 1.82) is 0 Å². The SMILES string of the molecule is C=C(C)C(=O)N(CC(=O)OC1CCOC1=O)CC(=O)OC1CCOC1=O. The number of esters is 4. The molecule has 1 amide bonds. The van der Waals surface area contributed by atoms with Crippen LogP contribution in [0.25, 0.3) is 0 Å². The molecule has 2 saturated heterocycles. The van der Waals surface area contributed by atoms with Crippen molar-refractivity contribution >= 4 is 29.8 Å². The fourth-order valence-electron chi connectivity index (χ4n) is 2.34. The first-order chi connectivity index (χ1) is 12.3. The molecule has 0 aromatic carbocycles. The van der Waals surface area contributed by atoms with Gasteiger partial charge in [0.05, 0.1) is 13.2 Å². The summed E-state index contributed by atoms with van der Waals surface area (Å²) in [5.41, 5.74) is 0.0890. The quantitative estimate of drug-likeness (QED) is 0.319. The smallest absolute Gasteiger partial charge is 0.347 e. The van der Waals surface area contributed by atoms with Crippen molar-refractivity contribution in [3.63, 3.8) is 0 Å². The summed E-state index contributed by atoms with van der Waals surface area (Å²) in [7, 11) is 0. The predicted molar refractivity (Wildman–Crippen MR) is 82.3 cm³/mol. The minimum Gasteiger partial charge on any atom is -0.463 e. The largest absolute Gasteiger partial charge is 0.463 e. The van der Waals surface area contributed by atoms with Gasteiger partial charge in [-0.2, -0.15) is 0 Å². The van der Waals surface area contributed by atoms with Crippen LogP contribution in [-0.2, 0) is 42.9 Å². The van der Waals surface area contributed by atoms with E-state index in [1.807, 2.05) is 0 Å². The number of carbonyl (C=O) groups is 5. The maximum absolute atomic E-state index is 12.1. The first-order valence-electron chi connectivity index (χ1n) is 7.95. The van der Waals surface area contributed by atoms with E-state index < -0.39 is 55.1 Å². The molecule has 0 aromatic rings. The topological polar surface area (TPSA) is 126 Å². The fraction of sp³-hybridized carbons (Fsp3) is 0.562. The minimum atomic E-state index is -1.02. The van der Waals surface area contributed by atoms with Gasteiger partial charge in [0.2, 0.25) is 18.1 Å². The summed E-state index contributed by atoms with van der Waals surface area (Å²) in [4.78, 5) is 59.6. The van der Waals surface area contributed by atoms with E-state index in [2.05, 4.69) is 16.1 Å². The normalized spacial score (nSPS) is 21.6. The molecule has 0 aromatic heterocycles. The fourth-order valence-corrected chi connectivity index (χ4v) is 2.34. The van der Waals surface area contributed by atoms with Crippen LogP contribution in [-0.4, -0.2) is 73.2 Å². The minimum absolute atomic E-state index is 0.0890. The molecule has 10 heteroatoms. The Hall–Kier alpha value is -2.91. The number of cyclic esters (lactones) is 2. The van der Waals surface area contributed by atoms with Gasteiger partial charge in [0.1, 0.15) is 13.1 Å². The highest BCUT2D eigenvalue weighted by molar-refractivity contribution is 5.96. The van der Waals surface area contributed by atoms with E-state index in [0.717, 1.165) is 4.90 Å². The zero-order valence-corrected chi connectivity index (χ0v) is 14.2. The average Bonchev–Trinajstić information content (AvgIpc) is 3.15. The van der Waals surface area contributed by atoms with Gasteiger partial charge in [-0.3, -0.25) is 14.4 Å². The van der Waals surface area contributed by atoms with Crippen LogP contribution in [0.3, 0.4) is 0 Å². The Balaban J connectivity index is 1.94. The van der Waals surface area contributed by atoms with Crippen LogP contribution in [0.1, 0.15) is 19.8 Å². The van der Waals surface area contributed by atoms with Crippen molar-refractivity contribution in [2.45, 2.75) is 32.0 Å². The number of hydrogen-bond acceptors (Lipinski definition) is 9. The van der Waals surface area contributed by atoms with E-state index >= 15 is 0 Å². The van der Waals surface area contributed by atoms with Crippen molar-refractivity contribution in [2.75, 3.05) is 26.3 Å². The van der Waals surface area contributed by atoms with Gasteiger partial charge in [0.15, 0.2) is 0 Å². The second-order valence-corrected chi connectivity index (χ2v) is 5.81. The number of nitrogens with zero attached hydrogens (tertiary/aromatic N) is 1. The molecule has 26 heavy (non-hydrogen) atoms. The lowest BCUT2D eigenvalue weighted by Gasteiger charge is -2.22. The molecular weight excluding hydrogens is 350 g/mol. The van der Waals surface area contributed by atoms with Gasteiger partial charge in [0.25, 0.3) is 0 Å². The van der Waals surface area contributed by atoms with E-state index in [1.54, 1.807) is 0 Å². The van der Waals surface area contributed by atoms with Crippen LogP contribution in [0.2, 0.25) is 0 Å². The third-order valence-corrected chi connectivity index (χ3v) is 3.61. The molecule has 2 fully saturated rings. The lowest BCUT2D eigenvalue weighted by molar-refractivity contribution is -0.165. The Bertz CT molecular complexity index is 600. The number of carbonyl (C=O) groups excluding carboxylic acids is 5. The molecule has 142 valence electrons. The van der Waals surface area contributed by atoms with Crippen LogP contribution < -0.4 is 0 Å². The zero-order chi connectivity index (χ0) is 19.3. The molecule has 0 aliphatic carbocycles. The lowest BCUT2D eigenvalue weighted by Crippen LogP contribution is -2.42. The summed E-state index contributed by atoms with van der Waals surface area (Å²) >= 11 is 0. The standard InChI is InChI=1S/C16H19NO9/c1-9(2)14(20)17(7-12(18)25-10-3-5-23-15(10)21)8-13(19)26-11-4-6-24-16(11)22/h10-11H,1,3-8H2,2H3. The second kappa shape index (κ2) is 8.45. The lowest BCUT2D eigenvalue weighted by atomic mass is 10.3. The first-order valence-corrected chi connectivity index (χ1v) is 7.95. The molecule has 2 heterocycles. The molecule has 10 nitrogen and oxygen atoms in total. The Morgan fingerprint density at radius 1 is 1.00 bits per heavy atom. The van der Waals surface area contributed by atoms with Crippen LogP contribution in [0.4, 0.5) is 0 Å². The van der Waals surface area contributed by atoms with Gasteiger partial charge in [0, 0.05) is 18.4 Å². The molecule has 2 unspecified atom stereocenters. The van der Waals surface area contributed by atoms with Crippen molar-refractivity contribution < 1.29 is 42.9 Å². The Labute approximate surface area is 149 Å². The molecule has 0 saturated carbocycles.